The number of hydrogen-bond donors (Lipinski definition) is 2. The standard InChI is InChI=1S/C20H20N4O2/c25-19-17-7-3-2-6-16(17)18(22-23-19)20(26)21-14-8-10-15(11-9-14)24-12-4-1-5-13-24/h2-3,6-11H,1,4-5,12-13H2,(H,21,26)(H,23,25). The number of hydrogen-bond acceptors (Lipinski definition) is 4. The predicted octanol–water partition coefficient (Wildman–Crippen LogP) is 3.17. The summed E-state index contributed by atoms with van der Waals surface area (Å²) >= 11 is 0. The molecule has 1 aliphatic heterocycles. The molecule has 0 spiro atoms. The highest BCUT2D eigenvalue weighted by atomic mass is 16.2. The summed E-state index contributed by atoms with van der Waals surface area (Å²) in [7, 11) is 0. The van der Waals surface area contributed by atoms with Gasteiger partial charge in [-0.1, -0.05) is 18.2 Å². The first-order valence-corrected chi connectivity index (χ1v) is 8.86. The average molecular weight is 348 g/mol. The van der Waals surface area contributed by atoms with Crippen molar-refractivity contribution in [2.45, 2.75) is 19.3 Å². The summed E-state index contributed by atoms with van der Waals surface area (Å²) in [6.45, 7) is 2.16. The van der Waals surface area contributed by atoms with Crippen molar-refractivity contribution in [1.82, 2.24) is 10.2 Å². The second-order valence-corrected chi connectivity index (χ2v) is 6.50. The van der Waals surface area contributed by atoms with Gasteiger partial charge in [0.05, 0.1) is 5.39 Å². The van der Waals surface area contributed by atoms with E-state index in [4.69, 9.17) is 0 Å². The highest BCUT2D eigenvalue weighted by Crippen LogP contribution is 2.22. The van der Waals surface area contributed by atoms with Crippen LogP contribution >= 0.6 is 0 Å². The molecule has 3 aromatic rings. The zero-order chi connectivity index (χ0) is 17.9. The van der Waals surface area contributed by atoms with Crippen LogP contribution in [0.3, 0.4) is 0 Å². The fraction of sp³-hybridized carbons (Fsp3) is 0.250. The molecule has 2 heterocycles. The Bertz CT molecular complexity index is 989. The van der Waals surface area contributed by atoms with Crippen LogP contribution in [0.2, 0.25) is 0 Å². The summed E-state index contributed by atoms with van der Waals surface area (Å²) in [5.41, 5.74) is 1.78. The maximum Gasteiger partial charge on any atom is 0.276 e. The normalized spacial score (nSPS) is 14.4. The molecule has 1 amide bonds. The Balaban J connectivity index is 1.55. The van der Waals surface area contributed by atoms with Gasteiger partial charge in [-0.3, -0.25) is 9.59 Å². The third-order valence-corrected chi connectivity index (χ3v) is 4.76. The Labute approximate surface area is 150 Å². The highest BCUT2D eigenvalue weighted by Gasteiger charge is 2.15. The first-order chi connectivity index (χ1) is 12.7. The highest BCUT2D eigenvalue weighted by molar-refractivity contribution is 6.11. The van der Waals surface area contributed by atoms with Crippen molar-refractivity contribution in [3.8, 4) is 0 Å². The molecule has 6 nitrogen and oxygen atoms in total. The van der Waals surface area contributed by atoms with E-state index < -0.39 is 0 Å². The molecule has 132 valence electrons. The van der Waals surface area contributed by atoms with Crippen molar-refractivity contribution < 1.29 is 4.79 Å². The first kappa shape index (κ1) is 16.3. The van der Waals surface area contributed by atoms with Gasteiger partial charge in [-0.05, 0) is 49.6 Å². The Kier molecular flexibility index (Phi) is 4.39. The summed E-state index contributed by atoms with van der Waals surface area (Å²) in [5, 5.41) is 10.2. The topological polar surface area (TPSA) is 78.1 Å². The minimum Gasteiger partial charge on any atom is -0.372 e. The lowest BCUT2D eigenvalue weighted by molar-refractivity contribution is 0.102. The molecule has 0 unspecified atom stereocenters. The van der Waals surface area contributed by atoms with Crippen molar-refractivity contribution in [3.05, 3.63) is 64.6 Å². The van der Waals surface area contributed by atoms with Crippen LogP contribution in [0, 0.1) is 0 Å². The van der Waals surface area contributed by atoms with E-state index in [0.717, 1.165) is 13.1 Å². The fourth-order valence-corrected chi connectivity index (χ4v) is 3.39. The van der Waals surface area contributed by atoms with Gasteiger partial charge in [-0.2, -0.15) is 5.10 Å². The number of anilines is 2. The van der Waals surface area contributed by atoms with E-state index in [-0.39, 0.29) is 17.2 Å². The van der Waals surface area contributed by atoms with Gasteiger partial charge >= 0.3 is 0 Å². The average Bonchev–Trinajstić information content (AvgIpc) is 2.70. The molecule has 0 radical (unpaired) electrons. The molecule has 0 atom stereocenters. The van der Waals surface area contributed by atoms with Gasteiger partial charge in [0.25, 0.3) is 11.5 Å². The van der Waals surface area contributed by atoms with Crippen molar-refractivity contribution in [1.29, 1.82) is 0 Å². The van der Waals surface area contributed by atoms with Crippen LogP contribution in [0.25, 0.3) is 10.8 Å². The monoisotopic (exact) mass is 348 g/mol. The molecular formula is C20H20N4O2. The molecule has 2 aromatic carbocycles. The number of carbonyl (C=O) groups excluding carboxylic acids is 1. The molecule has 1 aromatic heterocycles. The quantitative estimate of drug-likeness (QED) is 0.762. The van der Waals surface area contributed by atoms with Crippen molar-refractivity contribution in [3.63, 3.8) is 0 Å². The summed E-state index contributed by atoms with van der Waals surface area (Å²) in [6, 6.07) is 14.8. The number of rotatable bonds is 3. The number of aromatic nitrogens is 2. The Morgan fingerprint density at radius 3 is 2.38 bits per heavy atom. The van der Waals surface area contributed by atoms with Gasteiger partial charge in [0.15, 0.2) is 5.69 Å². The van der Waals surface area contributed by atoms with Crippen LogP contribution in [0.4, 0.5) is 11.4 Å². The summed E-state index contributed by atoms with van der Waals surface area (Å²) < 4.78 is 0. The zero-order valence-electron chi connectivity index (χ0n) is 14.4. The van der Waals surface area contributed by atoms with Gasteiger partial charge in [-0.25, -0.2) is 5.10 Å². The van der Waals surface area contributed by atoms with E-state index in [0.29, 0.717) is 16.5 Å². The molecule has 0 bridgehead atoms. The van der Waals surface area contributed by atoms with Crippen molar-refractivity contribution in [2.75, 3.05) is 23.3 Å². The van der Waals surface area contributed by atoms with Gasteiger partial charge in [0.1, 0.15) is 0 Å². The molecular weight excluding hydrogens is 328 g/mol. The first-order valence-electron chi connectivity index (χ1n) is 8.86. The molecule has 6 heteroatoms. The van der Waals surface area contributed by atoms with Crippen molar-refractivity contribution >= 4 is 28.1 Å². The number of carbonyl (C=O) groups is 1. The molecule has 26 heavy (non-hydrogen) atoms. The van der Waals surface area contributed by atoms with E-state index in [1.54, 1.807) is 24.3 Å². The Morgan fingerprint density at radius 1 is 0.962 bits per heavy atom. The van der Waals surface area contributed by atoms with E-state index in [1.165, 1.54) is 24.9 Å². The molecule has 4 rings (SSSR count). The minimum absolute atomic E-state index is 0.209. The Hall–Kier alpha value is -3.15. The van der Waals surface area contributed by atoms with Crippen molar-refractivity contribution in [2.24, 2.45) is 0 Å². The molecule has 2 N–H and O–H groups in total. The van der Waals surface area contributed by atoms with Gasteiger partial charge in [0, 0.05) is 29.9 Å². The largest absolute Gasteiger partial charge is 0.372 e. The van der Waals surface area contributed by atoms with Crippen LogP contribution in [0.5, 0.6) is 0 Å². The van der Waals surface area contributed by atoms with Crippen LogP contribution < -0.4 is 15.8 Å². The Morgan fingerprint density at radius 2 is 1.65 bits per heavy atom. The number of piperidine rings is 1. The summed E-state index contributed by atoms with van der Waals surface area (Å²) in [4.78, 5) is 26.8. The lowest BCUT2D eigenvalue weighted by atomic mass is 10.1. The number of nitrogens with zero attached hydrogens (tertiary/aromatic N) is 2. The number of benzene rings is 2. The maximum absolute atomic E-state index is 12.6. The second kappa shape index (κ2) is 7.00. The summed E-state index contributed by atoms with van der Waals surface area (Å²) in [5.74, 6) is -0.344. The maximum atomic E-state index is 12.6. The number of fused-ring (bicyclic) bond motifs is 1. The molecule has 0 aliphatic carbocycles. The van der Waals surface area contributed by atoms with Crippen LogP contribution in [0.15, 0.2) is 53.3 Å². The SMILES string of the molecule is O=C(Nc1ccc(N2CCCCC2)cc1)c1n[nH]c(=O)c2ccccc12. The number of aromatic amines is 1. The van der Waals surface area contributed by atoms with Gasteiger partial charge < -0.3 is 10.2 Å². The van der Waals surface area contributed by atoms with Gasteiger partial charge in [0.2, 0.25) is 0 Å². The van der Waals surface area contributed by atoms with Gasteiger partial charge in [-0.15, -0.1) is 0 Å². The minimum atomic E-state index is -0.344. The smallest absolute Gasteiger partial charge is 0.276 e. The van der Waals surface area contributed by atoms with Crippen LogP contribution in [0.1, 0.15) is 29.8 Å². The molecule has 1 aliphatic rings. The lowest BCUT2D eigenvalue weighted by Gasteiger charge is -2.28. The van der Waals surface area contributed by atoms with Crippen LogP contribution in [-0.2, 0) is 0 Å². The van der Waals surface area contributed by atoms with E-state index in [2.05, 4.69) is 20.4 Å². The molecule has 1 saturated heterocycles. The van der Waals surface area contributed by atoms with E-state index >= 15 is 0 Å². The molecule has 1 fully saturated rings. The second-order valence-electron chi connectivity index (χ2n) is 6.50. The third-order valence-electron chi connectivity index (χ3n) is 4.76. The summed E-state index contributed by atoms with van der Waals surface area (Å²) in [6.07, 6.45) is 3.75. The molecule has 0 saturated carbocycles. The third kappa shape index (κ3) is 3.18. The van der Waals surface area contributed by atoms with Crippen LogP contribution in [-0.4, -0.2) is 29.2 Å². The predicted molar refractivity (Wildman–Crippen MR) is 103 cm³/mol. The van der Waals surface area contributed by atoms with E-state index in [1.807, 2.05) is 24.3 Å². The van der Waals surface area contributed by atoms with E-state index in [9.17, 15) is 9.59 Å². The lowest BCUT2D eigenvalue weighted by Crippen LogP contribution is -2.29. The fourth-order valence-electron chi connectivity index (χ4n) is 3.39. The zero-order valence-corrected chi connectivity index (χ0v) is 14.4. The number of nitrogens with one attached hydrogen (secondary N) is 2. The number of amides is 1. The number of H-pyrrole nitrogens is 1.